The highest BCUT2D eigenvalue weighted by molar-refractivity contribution is 7.07. The quantitative estimate of drug-likeness (QED) is 0.446. The number of anilines is 1. The number of nitrogens with zero attached hydrogens (tertiary/aromatic N) is 4. The van der Waals surface area contributed by atoms with Crippen LogP contribution in [0.25, 0.3) is 16.9 Å². The van der Waals surface area contributed by atoms with E-state index < -0.39 is 18.5 Å². The van der Waals surface area contributed by atoms with Crippen LogP contribution in [0, 0.1) is 0 Å². The first-order valence-electron chi connectivity index (χ1n) is 9.65. The lowest BCUT2D eigenvalue weighted by molar-refractivity contribution is -0.119. The molecule has 0 aliphatic heterocycles. The van der Waals surface area contributed by atoms with Gasteiger partial charge in [0.15, 0.2) is 11.5 Å². The molecule has 2 aromatic heterocycles. The number of para-hydroxylation sites is 1. The van der Waals surface area contributed by atoms with Crippen molar-refractivity contribution < 1.29 is 14.3 Å². The van der Waals surface area contributed by atoms with E-state index in [4.69, 9.17) is 4.74 Å². The first-order chi connectivity index (χ1) is 15.2. The number of aromatic nitrogens is 4. The number of amides is 1. The average molecular weight is 433 g/mol. The second kappa shape index (κ2) is 9.31. The Bertz CT molecular complexity index is 1190. The molecule has 0 saturated heterocycles. The van der Waals surface area contributed by atoms with Crippen LogP contribution in [-0.4, -0.2) is 37.9 Å². The van der Waals surface area contributed by atoms with E-state index in [0.717, 1.165) is 22.8 Å². The summed E-state index contributed by atoms with van der Waals surface area (Å²) in [5.74, 6) is -0.607. The van der Waals surface area contributed by atoms with Crippen molar-refractivity contribution in [2.24, 2.45) is 0 Å². The van der Waals surface area contributed by atoms with E-state index in [-0.39, 0.29) is 0 Å². The molecule has 1 N–H and O–H groups in total. The van der Waals surface area contributed by atoms with Gasteiger partial charge in [-0.1, -0.05) is 59.9 Å². The monoisotopic (exact) mass is 433 g/mol. The second-order valence-corrected chi connectivity index (χ2v) is 7.31. The predicted molar refractivity (Wildman–Crippen MR) is 117 cm³/mol. The van der Waals surface area contributed by atoms with Crippen molar-refractivity contribution in [3.63, 3.8) is 0 Å². The lowest BCUT2D eigenvalue weighted by atomic mass is 10.2. The zero-order chi connectivity index (χ0) is 21.6. The average Bonchev–Trinajstić information content (AvgIpc) is 3.46. The van der Waals surface area contributed by atoms with Gasteiger partial charge in [0.2, 0.25) is 0 Å². The summed E-state index contributed by atoms with van der Waals surface area (Å²) in [5, 5.41) is 11.3. The summed E-state index contributed by atoms with van der Waals surface area (Å²) in [6.45, 7) is 1.44. The van der Waals surface area contributed by atoms with Crippen LogP contribution in [0.5, 0.6) is 0 Å². The summed E-state index contributed by atoms with van der Waals surface area (Å²) in [4.78, 5) is 25.1. The third-order valence-electron chi connectivity index (χ3n) is 4.46. The number of rotatable bonds is 7. The molecule has 0 saturated carbocycles. The third-order valence-corrected chi connectivity index (χ3v) is 5.21. The molecule has 0 bridgehead atoms. The summed E-state index contributed by atoms with van der Waals surface area (Å²) in [6.07, 6.45) is 0.561. The molecule has 8 nitrogen and oxygen atoms in total. The maximum atomic E-state index is 12.5. The Labute approximate surface area is 182 Å². The zero-order valence-electron chi connectivity index (χ0n) is 16.7. The number of esters is 1. The first-order valence-corrected chi connectivity index (χ1v) is 10.4. The molecule has 1 amide bonds. The number of ether oxygens (including phenoxy) is 1. The van der Waals surface area contributed by atoms with Gasteiger partial charge in [-0.05, 0) is 30.1 Å². The van der Waals surface area contributed by atoms with Gasteiger partial charge in [-0.3, -0.25) is 4.79 Å². The number of carbonyl (C=O) groups excluding carboxylic acids is 2. The van der Waals surface area contributed by atoms with Crippen molar-refractivity contribution in [2.45, 2.75) is 13.3 Å². The summed E-state index contributed by atoms with van der Waals surface area (Å²) in [5.41, 5.74) is 2.98. The summed E-state index contributed by atoms with van der Waals surface area (Å²) >= 11 is 0.957. The molecule has 0 atom stereocenters. The predicted octanol–water partition coefficient (Wildman–Crippen LogP) is 3.75. The molecule has 0 spiro atoms. The van der Waals surface area contributed by atoms with Crippen molar-refractivity contribution in [3.05, 3.63) is 77.3 Å². The van der Waals surface area contributed by atoms with Crippen LogP contribution < -0.4 is 5.32 Å². The molecule has 0 aliphatic carbocycles. The molecule has 31 heavy (non-hydrogen) atoms. The van der Waals surface area contributed by atoms with E-state index in [1.54, 1.807) is 10.7 Å². The molecule has 4 rings (SSSR count). The van der Waals surface area contributed by atoms with Gasteiger partial charge in [-0.2, -0.15) is 5.10 Å². The van der Waals surface area contributed by atoms with Crippen LogP contribution in [0.4, 0.5) is 5.82 Å². The SMILES string of the molecule is CCc1nnsc1C(=O)OCC(=O)Nc1cc(-c2ccccc2)nn1-c1ccccc1. The Morgan fingerprint density at radius 3 is 2.48 bits per heavy atom. The number of hydrogen-bond acceptors (Lipinski definition) is 7. The standard InChI is InChI=1S/C22H19N5O3S/c1-2-17-21(31-26-24-17)22(29)30-14-20(28)23-19-13-18(15-9-5-3-6-10-15)25-27(19)16-11-7-4-8-12-16/h3-13H,2,14H2,1H3,(H,23,28). The molecular weight excluding hydrogens is 414 g/mol. The van der Waals surface area contributed by atoms with E-state index >= 15 is 0 Å². The topological polar surface area (TPSA) is 99.0 Å². The van der Waals surface area contributed by atoms with Gasteiger partial charge in [0.1, 0.15) is 5.82 Å². The first kappa shape index (κ1) is 20.4. The van der Waals surface area contributed by atoms with Gasteiger partial charge >= 0.3 is 5.97 Å². The van der Waals surface area contributed by atoms with Gasteiger partial charge in [0, 0.05) is 11.6 Å². The van der Waals surface area contributed by atoms with Crippen LogP contribution in [0.15, 0.2) is 66.7 Å². The fourth-order valence-electron chi connectivity index (χ4n) is 2.96. The van der Waals surface area contributed by atoms with Crippen LogP contribution in [0.2, 0.25) is 0 Å². The van der Waals surface area contributed by atoms with Crippen LogP contribution in [0.1, 0.15) is 22.3 Å². The van der Waals surface area contributed by atoms with Crippen molar-refractivity contribution in [1.29, 1.82) is 0 Å². The number of aryl methyl sites for hydroxylation is 1. The van der Waals surface area contributed by atoms with Crippen molar-refractivity contribution in [2.75, 3.05) is 11.9 Å². The van der Waals surface area contributed by atoms with E-state index in [2.05, 4.69) is 20.0 Å². The minimum absolute atomic E-state index is 0.316. The molecule has 2 aromatic carbocycles. The van der Waals surface area contributed by atoms with E-state index in [1.165, 1.54) is 0 Å². The lowest BCUT2D eigenvalue weighted by Crippen LogP contribution is -2.22. The van der Waals surface area contributed by atoms with Gasteiger partial charge < -0.3 is 10.1 Å². The molecule has 0 unspecified atom stereocenters. The maximum Gasteiger partial charge on any atom is 0.352 e. The molecule has 0 aliphatic rings. The highest BCUT2D eigenvalue weighted by Crippen LogP contribution is 2.24. The van der Waals surface area contributed by atoms with Crippen molar-refractivity contribution in [1.82, 2.24) is 19.4 Å². The number of benzene rings is 2. The van der Waals surface area contributed by atoms with E-state index in [1.807, 2.05) is 67.6 Å². The minimum atomic E-state index is -0.608. The number of hydrogen-bond donors (Lipinski definition) is 1. The van der Waals surface area contributed by atoms with Crippen LogP contribution in [-0.2, 0) is 16.0 Å². The second-order valence-electron chi connectivity index (χ2n) is 6.55. The fourth-order valence-corrected chi connectivity index (χ4v) is 3.60. The van der Waals surface area contributed by atoms with Gasteiger partial charge in [0.25, 0.3) is 5.91 Å². The molecule has 0 fully saturated rings. The highest BCUT2D eigenvalue weighted by atomic mass is 32.1. The molecule has 4 aromatic rings. The van der Waals surface area contributed by atoms with Crippen LogP contribution >= 0.6 is 11.5 Å². The van der Waals surface area contributed by atoms with E-state index in [0.29, 0.717) is 28.5 Å². The van der Waals surface area contributed by atoms with Gasteiger partial charge in [-0.25, -0.2) is 9.48 Å². The Hall–Kier alpha value is -3.85. The van der Waals surface area contributed by atoms with Crippen molar-refractivity contribution in [3.8, 4) is 16.9 Å². The molecule has 2 heterocycles. The smallest absolute Gasteiger partial charge is 0.352 e. The molecule has 156 valence electrons. The van der Waals surface area contributed by atoms with Crippen LogP contribution in [0.3, 0.4) is 0 Å². The number of nitrogens with one attached hydrogen (secondary N) is 1. The van der Waals surface area contributed by atoms with E-state index in [9.17, 15) is 9.59 Å². The summed E-state index contributed by atoms with van der Waals surface area (Å²) in [6, 6.07) is 20.9. The Balaban J connectivity index is 1.52. The fraction of sp³-hybridized carbons (Fsp3) is 0.136. The van der Waals surface area contributed by atoms with Gasteiger partial charge in [0.05, 0.1) is 17.1 Å². The molecular formula is C22H19N5O3S. The summed E-state index contributed by atoms with van der Waals surface area (Å²) < 4.78 is 10.6. The Kier molecular flexibility index (Phi) is 6.13. The third kappa shape index (κ3) is 4.67. The Morgan fingerprint density at radius 1 is 1.06 bits per heavy atom. The van der Waals surface area contributed by atoms with Gasteiger partial charge in [-0.15, -0.1) is 5.10 Å². The molecule has 0 radical (unpaired) electrons. The largest absolute Gasteiger partial charge is 0.451 e. The van der Waals surface area contributed by atoms with Crippen molar-refractivity contribution >= 4 is 29.2 Å². The minimum Gasteiger partial charge on any atom is -0.451 e. The lowest BCUT2D eigenvalue weighted by Gasteiger charge is -2.09. The normalized spacial score (nSPS) is 10.6. The molecule has 9 heteroatoms. The zero-order valence-corrected chi connectivity index (χ0v) is 17.5. The summed E-state index contributed by atoms with van der Waals surface area (Å²) in [7, 11) is 0. The Morgan fingerprint density at radius 2 is 1.77 bits per heavy atom. The number of carbonyl (C=O) groups is 2. The highest BCUT2D eigenvalue weighted by Gasteiger charge is 2.19. The maximum absolute atomic E-state index is 12.5.